The van der Waals surface area contributed by atoms with Crippen molar-refractivity contribution in [2.24, 2.45) is 0 Å². The summed E-state index contributed by atoms with van der Waals surface area (Å²) >= 11 is 1.10. The maximum Gasteiger partial charge on any atom is 0.387 e. The van der Waals surface area contributed by atoms with Crippen LogP contribution in [0.4, 0.5) is 25.4 Å². The summed E-state index contributed by atoms with van der Waals surface area (Å²) in [7, 11) is 1.58. The fraction of sp³-hybridized carbons (Fsp3) is 0.111. The number of rotatable bonds is 7. The van der Waals surface area contributed by atoms with Gasteiger partial charge < -0.3 is 20.5 Å². The van der Waals surface area contributed by atoms with Crippen molar-refractivity contribution in [1.29, 1.82) is 0 Å². The molecule has 0 saturated heterocycles. The van der Waals surface area contributed by atoms with Gasteiger partial charge in [-0.25, -0.2) is 4.98 Å². The molecule has 0 aliphatic rings. The molecule has 0 spiro atoms. The predicted molar refractivity (Wildman–Crippen MR) is 99.3 cm³/mol. The second-order valence-electron chi connectivity index (χ2n) is 5.32. The number of hydrogen-bond acceptors (Lipinski definition) is 7. The number of aromatic nitrogens is 1. The van der Waals surface area contributed by atoms with Gasteiger partial charge in [0.1, 0.15) is 22.2 Å². The number of methoxy groups -OCH3 is 1. The fourth-order valence-corrected chi connectivity index (χ4v) is 3.13. The highest BCUT2D eigenvalue weighted by atomic mass is 32.1. The van der Waals surface area contributed by atoms with E-state index in [2.05, 4.69) is 15.0 Å². The molecule has 1 heterocycles. The Morgan fingerprint density at radius 3 is 2.33 bits per heavy atom. The van der Waals surface area contributed by atoms with Crippen LogP contribution in [-0.2, 0) is 0 Å². The molecule has 0 saturated carbocycles. The van der Waals surface area contributed by atoms with Crippen molar-refractivity contribution in [2.45, 2.75) is 6.61 Å². The third kappa shape index (κ3) is 4.50. The van der Waals surface area contributed by atoms with Gasteiger partial charge in [-0.05, 0) is 48.5 Å². The SMILES string of the molecule is COc1ccc(Nc2nc(N)c(C(=O)c3ccc(OC(F)F)cc3)s2)cc1. The molecule has 27 heavy (non-hydrogen) atoms. The molecule has 140 valence electrons. The summed E-state index contributed by atoms with van der Waals surface area (Å²) in [5.74, 6) is 0.431. The highest BCUT2D eigenvalue weighted by Crippen LogP contribution is 2.30. The Labute approximate surface area is 157 Å². The number of anilines is 3. The van der Waals surface area contributed by atoms with Crippen molar-refractivity contribution in [1.82, 2.24) is 4.98 Å². The molecule has 1 aromatic heterocycles. The van der Waals surface area contributed by atoms with Crippen LogP contribution in [0.5, 0.6) is 11.5 Å². The van der Waals surface area contributed by atoms with Crippen LogP contribution in [0.25, 0.3) is 0 Å². The van der Waals surface area contributed by atoms with E-state index in [1.165, 1.54) is 24.3 Å². The van der Waals surface area contributed by atoms with Crippen LogP contribution in [0.2, 0.25) is 0 Å². The van der Waals surface area contributed by atoms with Crippen LogP contribution in [0.3, 0.4) is 0 Å². The van der Waals surface area contributed by atoms with E-state index in [9.17, 15) is 13.6 Å². The van der Waals surface area contributed by atoms with E-state index in [1.54, 1.807) is 31.4 Å². The van der Waals surface area contributed by atoms with Crippen molar-refractivity contribution < 1.29 is 23.0 Å². The van der Waals surface area contributed by atoms with Gasteiger partial charge in [-0.1, -0.05) is 11.3 Å². The molecule has 0 bridgehead atoms. The summed E-state index contributed by atoms with van der Waals surface area (Å²) < 4.78 is 33.8. The number of nitrogens with zero attached hydrogens (tertiary/aromatic N) is 1. The topological polar surface area (TPSA) is 86.5 Å². The molecule has 0 atom stereocenters. The molecule has 6 nitrogen and oxygen atoms in total. The van der Waals surface area contributed by atoms with Gasteiger partial charge in [0.25, 0.3) is 0 Å². The largest absolute Gasteiger partial charge is 0.497 e. The molecule has 3 rings (SSSR count). The van der Waals surface area contributed by atoms with Crippen LogP contribution >= 0.6 is 11.3 Å². The number of nitrogens with two attached hydrogens (primary N) is 1. The molecule has 0 amide bonds. The molecule has 3 N–H and O–H groups in total. The first kappa shape index (κ1) is 18.6. The number of ether oxygens (including phenoxy) is 2. The maximum absolute atomic E-state index is 12.6. The van der Waals surface area contributed by atoms with E-state index in [0.29, 0.717) is 16.4 Å². The number of carbonyl (C=O) groups excluding carboxylic acids is 1. The Morgan fingerprint density at radius 2 is 1.74 bits per heavy atom. The van der Waals surface area contributed by atoms with Gasteiger partial charge in [0.05, 0.1) is 7.11 Å². The van der Waals surface area contributed by atoms with Crippen molar-refractivity contribution in [2.75, 3.05) is 18.2 Å². The molecule has 9 heteroatoms. The lowest BCUT2D eigenvalue weighted by Crippen LogP contribution is -2.04. The minimum absolute atomic E-state index is 0.0271. The normalized spacial score (nSPS) is 10.7. The second kappa shape index (κ2) is 8.00. The van der Waals surface area contributed by atoms with E-state index in [0.717, 1.165) is 17.0 Å². The monoisotopic (exact) mass is 391 g/mol. The number of benzene rings is 2. The van der Waals surface area contributed by atoms with E-state index in [4.69, 9.17) is 10.5 Å². The zero-order valence-corrected chi connectivity index (χ0v) is 14.9. The van der Waals surface area contributed by atoms with Crippen molar-refractivity contribution >= 4 is 33.8 Å². The van der Waals surface area contributed by atoms with Crippen LogP contribution in [0, 0.1) is 0 Å². The van der Waals surface area contributed by atoms with Gasteiger partial charge in [0, 0.05) is 11.3 Å². The average Bonchev–Trinajstić information content (AvgIpc) is 3.02. The summed E-state index contributed by atoms with van der Waals surface area (Å²) in [4.78, 5) is 17.0. The molecular formula is C18H15F2N3O3S. The number of alkyl halides is 2. The molecule has 0 unspecified atom stereocenters. The van der Waals surface area contributed by atoms with Gasteiger partial charge in [-0.3, -0.25) is 4.79 Å². The van der Waals surface area contributed by atoms with Crippen LogP contribution in [0.15, 0.2) is 48.5 Å². The highest BCUT2D eigenvalue weighted by Gasteiger charge is 2.18. The molecule has 0 fully saturated rings. The molecule has 0 aliphatic carbocycles. The number of ketones is 1. The molecule has 2 aromatic carbocycles. The number of nitrogens with one attached hydrogen (secondary N) is 1. The van der Waals surface area contributed by atoms with Crippen LogP contribution in [-0.4, -0.2) is 24.5 Å². The van der Waals surface area contributed by atoms with Gasteiger partial charge in [-0.15, -0.1) is 0 Å². The summed E-state index contributed by atoms with van der Waals surface area (Å²) in [6.07, 6.45) is 0. The smallest absolute Gasteiger partial charge is 0.387 e. The van der Waals surface area contributed by atoms with Crippen molar-refractivity contribution in [3.8, 4) is 11.5 Å². The first-order chi connectivity index (χ1) is 13.0. The van der Waals surface area contributed by atoms with Gasteiger partial charge in [0.15, 0.2) is 5.13 Å². The summed E-state index contributed by atoms with van der Waals surface area (Å²) in [6, 6.07) is 12.6. The Kier molecular flexibility index (Phi) is 5.51. The third-order valence-electron chi connectivity index (χ3n) is 3.54. The van der Waals surface area contributed by atoms with Gasteiger partial charge in [-0.2, -0.15) is 8.78 Å². The molecular weight excluding hydrogens is 376 g/mol. The van der Waals surface area contributed by atoms with E-state index >= 15 is 0 Å². The Bertz CT molecular complexity index is 928. The fourth-order valence-electron chi connectivity index (χ4n) is 2.26. The first-order valence-corrected chi connectivity index (χ1v) is 8.55. The lowest BCUT2D eigenvalue weighted by Gasteiger charge is -2.05. The minimum atomic E-state index is -2.92. The predicted octanol–water partition coefficient (Wildman–Crippen LogP) is 4.31. The Balaban J connectivity index is 1.75. The van der Waals surface area contributed by atoms with Crippen LogP contribution in [0.1, 0.15) is 15.2 Å². The zero-order chi connectivity index (χ0) is 19.4. The number of thiazole rings is 1. The van der Waals surface area contributed by atoms with Crippen LogP contribution < -0.4 is 20.5 Å². The Morgan fingerprint density at radius 1 is 1.11 bits per heavy atom. The Hall–Kier alpha value is -3.20. The lowest BCUT2D eigenvalue weighted by molar-refractivity contribution is -0.0498. The van der Waals surface area contributed by atoms with Crippen molar-refractivity contribution in [3.63, 3.8) is 0 Å². The standard InChI is InChI=1S/C18H15F2N3O3S/c1-25-12-8-4-11(5-9-12)22-18-23-16(21)15(27-18)14(24)10-2-6-13(7-3-10)26-17(19)20/h2-9,17H,21H2,1H3,(H,22,23). The third-order valence-corrected chi connectivity index (χ3v) is 4.53. The highest BCUT2D eigenvalue weighted by molar-refractivity contribution is 7.18. The number of halogens is 2. The number of carbonyl (C=O) groups is 1. The summed E-state index contributed by atoms with van der Waals surface area (Å²) in [5.41, 5.74) is 6.92. The molecule has 3 aromatic rings. The van der Waals surface area contributed by atoms with E-state index in [1.807, 2.05) is 0 Å². The molecule has 0 radical (unpaired) electrons. The maximum atomic E-state index is 12.6. The first-order valence-electron chi connectivity index (χ1n) is 7.73. The number of nitrogen functional groups attached to an aromatic ring is 1. The number of hydrogen-bond donors (Lipinski definition) is 2. The lowest BCUT2D eigenvalue weighted by atomic mass is 10.1. The summed E-state index contributed by atoms with van der Waals surface area (Å²) in [5, 5.41) is 3.53. The van der Waals surface area contributed by atoms with E-state index < -0.39 is 6.61 Å². The quantitative estimate of drug-likeness (QED) is 0.584. The second-order valence-corrected chi connectivity index (χ2v) is 6.32. The van der Waals surface area contributed by atoms with Crippen molar-refractivity contribution in [3.05, 3.63) is 59.0 Å². The zero-order valence-electron chi connectivity index (χ0n) is 14.1. The summed E-state index contributed by atoms with van der Waals surface area (Å²) in [6.45, 7) is -2.92. The van der Waals surface area contributed by atoms with Gasteiger partial charge in [0.2, 0.25) is 5.78 Å². The molecule has 0 aliphatic heterocycles. The van der Waals surface area contributed by atoms with E-state index in [-0.39, 0.29) is 22.2 Å². The average molecular weight is 391 g/mol. The van der Waals surface area contributed by atoms with Gasteiger partial charge >= 0.3 is 6.61 Å². The minimum Gasteiger partial charge on any atom is -0.497 e.